The Kier molecular flexibility index (Phi) is 10.2. The van der Waals surface area contributed by atoms with E-state index in [0.29, 0.717) is 0 Å². The molecule has 2 aliphatic rings. The van der Waals surface area contributed by atoms with Gasteiger partial charge in [0.1, 0.15) is 0 Å². The molecule has 0 N–H and O–H groups in total. The van der Waals surface area contributed by atoms with Crippen LogP contribution in [0.2, 0.25) is 0 Å². The number of methoxy groups -OCH3 is 1. The zero-order chi connectivity index (χ0) is 13.2. The zero-order valence-electron chi connectivity index (χ0n) is 12.9. The fourth-order valence-electron chi connectivity index (χ4n) is 2.41. The van der Waals surface area contributed by atoms with Crippen LogP contribution in [0.25, 0.3) is 0 Å². The van der Waals surface area contributed by atoms with E-state index in [1.54, 1.807) is 7.11 Å². The Morgan fingerprint density at radius 1 is 1.19 bits per heavy atom. The second-order valence-corrected chi connectivity index (χ2v) is 5.67. The van der Waals surface area contributed by atoms with Crippen molar-refractivity contribution < 1.29 is 56.0 Å². The summed E-state index contributed by atoms with van der Waals surface area (Å²) >= 11 is 0. The molecule has 0 aliphatic heterocycles. The number of hydrogen-bond donors (Lipinski definition) is 0. The number of rotatable bonds is 3. The topological polar surface area (TPSA) is 18.5 Å². The molecule has 2 aliphatic carbocycles. The van der Waals surface area contributed by atoms with Crippen molar-refractivity contribution in [3.63, 3.8) is 0 Å². The molecule has 115 valence electrons. The van der Waals surface area contributed by atoms with Crippen molar-refractivity contribution in [1.29, 1.82) is 0 Å². The summed E-state index contributed by atoms with van der Waals surface area (Å²) in [4.78, 5) is 0. The van der Waals surface area contributed by atoms with Crippen LogP contribution in [0.5, 0.6) is 0 Å². The molecular weight excluding hydrogens is 343 g/mol. The van der Waals surface area contributed by atoms with Crippen molar-refractivity contribution in [3.05, 3.63) is 47.8 Å². The van der Waals surface area contributed by atoms with Gasteiger partial charge in [-0.2, -0.15) is 12.2 Å². The van der Waals surface area contributed by atoms with Crippen LogP contribution in [0.4, 0.5) is 0 Å². The summed E-state index contributed by atoms with van der Waals surface area (Å²) < 4.78 is 11.8. The van der Waals surface area contributed by atoms with Gasteiger partial charge in [0.15, 0.2) is 0 Å². The van der Waals surface area contributed by atoms with Crippen molar-refractivity contribution in [1.82, 2.24) is 0 Å². The Morgan fingerprint density at radius 3 is 2.33 bits per heavy atom. The van der Waals surface area contributed by atoms with Crippen molar-refractivity contribution in [2.75, 3.05) is 7.11 Å². The van der Waals surface area contributed by atoms with Gasteiger partial charge < -0.3 is 34.3 Å². The minimum atomic E-state index is -0.690. The smallest absolute Gasteiger partial charge is 1.00 e. The summed E-state index contributed by atoms with van der Waals surface area (Å²) in [6.07, 6.45) is 15.0. The van der Waals surface area contributed by atoms with Crippen LogP contribution in [-0.2, 0) is 31.2 Å². The second kappa shape index (κ2) is 9.22. The Bertz CT molecular complexity index is 448. The van der Waals surface area contributed by atoms with Crippen LogP contribution < -0.4 is 24.8 Å². The van der Waals surface area contributed by atoms with Crippen LogP contribution in [-0.4, -0.2) is 12.9 Å². The van der Waals surface area contributed by atoms with Gasteiger partial charge in [-0.25, -0.2) is 6.08 Å². The number of hydrogen-bond acceptors (Lipinski definition) is 2. The van der Waals surface area contributed by atoms with Crippen molar-refractivity contribution in [2.45, 2.75) is 39.4 Å². The maximum atomic E-state index is 6.11. The van der Waals surface area contributed by atoms with E-state index >= 15 is 0 Å². The molecular formula is C16H21Cl2O2Ti. The van der Waals surface area contributed by atoms with Crippen LogP contribution in [0.15, 0.2) is 41.7 Å². The van der Waals surface area contributed by atoms with Crippen molar-refractivity contribution >= 4 is 0 Å². The average molecular weight is 364 g/mol. The van der Waals surface area contributed by atoms with Crippen LogP contribution in [0.1, 0.15) is 33.6 Å². The maximum Gasteiger partial charge on any atom is 3.00 e. The molecule has 2 rings (SSSR count). The predicted octanol–water partition coefficient (Wildman–Crippen LogP) is -2.07. The van der Waals surface area contributed by atoms with E-state index in [1.807, 2.05) is 12.2 Å². The molecule has 1 radical (unpaired) electrons. The van der Waals surface area contributed by atoms with Crippen molar-refractivity contribution in [3.8, 4) is 0 Å². The quantitative estimate of drug-likeness (QED) is 0.326. The molecule has 1 atom stereocenters. The van der Waals surface area contributed by atoms with E-state index in [4.69, 9.17) is 9.47 Å². The zero-order valence-corrected chi connectivity index (χ0v) is 15.9. The molecule has 21 heavy (non-hydrogen) atoms. The SMILES string of the molecule is COC1(OC2=[C-]CC=C2)CC=CC=C1C(C)(C)C.[Cl-].[Cl-].[Ti+3]. The monoisotopic (exact) mass is 363 g/mol. The van der Waals surface area contributed by atoms with E-state index in [-0.39, 0.29) is 51.9 Å². The van der Waals surface area contributed by atoms with Gasteiger partial charge in [-0.15, -0.1) is 6.42 Å². The van der Waals surface area contributed by atoms with Gasteiger partial charge in [0.25, 0.3) is 0 Å². The number of halogens is 2. The van der Waals surface area contributed by atoms with Gasteiger partial charge in [0.2, 0.25) is 5.79 Å². The first kappa shape index (κ1) is 23.3. The summed E-state index contributed by atoms with van der Waals surface area (Å²) in [7, 11) is 1.71. The van der Waals surface area contributed by atoms with E-state index < -0.39 is 5.79 Å². The fourth-order valence-corrected chi connectivity index (χ4v) is 2.41. The number of ether oxygens (including phenoxy) is 2. The van der Waals surface area contributed by atoms with Gasteiger partial charge >= 0.3 is 21.7 Å². The largest absolute Gasteiger partial charge is 3.00 e. The second-order valence-electron chi connectivity index (χ2n) is 5.67. The molecule has 0 bridgehead atoms. The minimum absolute atomic E-state index is 0. The molecule has 0 saturated heterocycles. The predicted molar refractivity (Wildman–Crippen MR) is 72.6 cm³/mol. The molecule has 0 fully saturated rings. The van der Waals surface area contributed by atoms with Gasteiger partial charge in [-0.3, -0.25) is 0 Å². The van der Waals surface area contributed by atoms with E-state index in [2.05, 4.69) is 45.1 Å². The molecule has 0 spiro atoms. The Hall–Kier alpha value is 0.0143. The van der Waals surface area contributed by atoms with Crippen LogP contribution >= 0.6 is 0 Å². The Balaban J connectivity index is 0. The first-order valence-electron chi connectivity index (χ1n) is 6.37. The molecule has 0 heterocycles. The molecule has 0 aromatic carbocycles. The van der Waals surface area contributed by atoms with Crippen LogP contribution in [0, 0.1) is 11.5 Å². The summed E-state index contributed by atoms with van der Waals surface area (Å²) in [5.41, 5.74) is 1.17. The van der Waals surface area contributed by atoms with Crippen LogP contribution in [0.3, 0.4) is 0 Å². The first-order chi connectivity index (χ1) is 8.48. The van der Waals surface area contributed by atoms with E-state index in [1.165, 1.54) is 0 Å². The molecule has 0 aromatic heterocycles. The summed E-state index contributed by atoms with van der Waals surface area (Å²) in [6, 6.07) is 0. The molecule has 1 unspecified atom stereocenters. The van der Waals surface area contributed by atoms with Gasteiger partial charge in [0, 0.05) is 19.1 Å². The van der Waals surface area contributed by atoms with Crippen molar-refractivity contribution in [2.24, 2.45) is 5.41 Å². The third kappa shape index (κ3) is 5.30. The number of allylic oxidation sites excluding steroid dienone is 5. The Labute approximate surface area is 155 Å². The average Bonchev–Trinajstić information content (AvgIpc) is 2.81. The van der Waals surface area contributed by atoms with Gasteiger partial charge in [-0.1, -0.05) is 39.0 Å². The third-order valence-electron chi connectivity index (χ3n) is 3.27. The minimum Gasteiger partial charge on any atom is -1.00 e. The van der Waals surface area contributed by atoms with Gasteiger partial charge in [-0.05, 0) is 11.2 Å². The summed E-state index contributed by atoms with van der Waals surface area (Å²) in [6.45, 7) is 6.53. The molecule has 0 aromatic rings. The van der Waals surface area contributed by atoms with E-state index in [0.717, 1.165) is 24.2 Å². The van der Waals surface area contributed by atoms with Gasteiger partial charge in [0.05, 0.1) is 0 Å². The molecule has 0 saturated carbocycles. The molecule has 5 heteroatoms. The first-order valence-corrected chi connectivity index (χ1v) is 6.37. The maximum absolute atomic E-state index is 6.11. The fraction of sp³-hybridized carbons (Fsp3) is 0.500. The third-order valence-corrected chi connectivity index (χ3v) is 3.27. The normalized spacial score (nSPS) is 23.2. The van der Waals surface area contributed by atoms with E-state index in [9.17, 15) is 0 Å². The Morgan fingerprint density at radius 2 is 1.86 bits per heavy atom. The molecule has 0 amide bonds. The molecule has 2 nitrogen and oxygen atoms in total. The summed E-state index contributed by atoms with van der Waals surface area (Å²) in [5.74, 6) is 0.0894. The summed E-state index contributed by atoms with van der Waals surface area (Å²) in [5, 5.41) is 0. The standard InChI is InChI=1S/C16H21O2.2ClH.Ti/c1-15(2,3)14-11-7-8-12-16(14,17-4)18-13-9-5-6-10-13;;;/h5,7-9,11H,6,12H2,1-4H3;2*1H;/q-1;;;+3/p-2.